The molecule has 2 N–H and O–H groups in total. The Bertz CT molecular complexity index is 600. The van der Waals surface area contributed by atoms with Gasteiger partial charge in [-0.3, -0.25) is 4.79 Å². The molecule has 7 heteroatoms. The summed E-state index contributed by atoms with van der Waals surface area (Å²) in [6, 6.07) is 3.31. The fraction of sp³-hybridized carbons (Fsp3) is 0.462. The number of halogens is 1. The predicted octanol–water partition coefficient (Wildman–Crippen LogP) is 2.43. The van der Waals surface area contributed by atoms with Crippen LogP contribution in [0.25, 0.3) is 0 Å². The first-order valence-corrected chi connectivity index (χ1v) is 8.06. The Morgan fingerprint density at radius 3 is 2.55 bits per heavy atom. The maximum absolute atomic E-state index is 12.3. The van der Waals surface area contributed by atoms with Crippen LogP contribution in [0.5, 0.6) is 0 Å². The van der Waals surface area contributed by atoms with Gasteiger partial charge in [-0.25, -0.2) is 8.42 Å². The second-order valence-electron chi connectivity index (χ2n) is 4.73. The molecule has 5 nitrogen and oxygen atoms in total. The smallest absolute Gasteiger partial charge is 0.322 e. The molecule has 0 aromatic heterocycles. The van der Waals surface area contributed by atoms with E-state index in [9.17, 15) is 13.2 Å². The molecular formula is C13H18ClNO4S. The average Bonchev–Trinajstić information content (AvgIpc) is 2.37. The molecule has 112 valence electrons. The zero-order chi connectivity index (χ0) is 15.5. The summed E-state index contributed by atoms with van der Waals surface area (Å²) in [6.07, 6.45) is 0.550. The van der Waals surface area contributed by atoms with Gasteiger partial charge in [0.2, 0.25) is 10.0 Å². The first-order valence-electron chi connectivity index (χ1n) is 6.20. The molecular weight excluding hydrogens is 302 g/mol. The van der Waals surface area contributed by atoms with Crippen LogP contribution in [0.3, 0.4) is 0 Å². The largest absolute Gasteiger partial charge is 0.480 e. The van der Waals surface area contributed by atoms with Gasteiger partial charge in [0, 0.05) is 5.02 Å². The summed E-state index contributed by atoms with van der Waals surface area (Å²) in [5.74, 6) is -1.51. The lowest BCUT2D eigenvalue weighted by molar-refractivity contribution is -0.140. The Balaban J connectivity index is 3.16. The standard InChI is InChI=1S/C13H18ClNO4S/c1-4-8(2)12(13(16)17)15-20(18,19)11-7-10(14)6-5-9(11)3/h5-8,12,15H,4H2,1-3H3,(H,16,17). The molecule has 0 amide bonds. The van der Waals surface area contributed by atoms with Gasteiger partial charge in [-0.05, 0) is 30.5 Å². The first-order chi connectivity index (χ1) is 9.19. The van der Waals surface area contributed by atoms with E-state index in [1.807, 2.05) is 0 Å². The number of hydrogen-bond acceptors (Lipinski definition) is 3. The SMILES string of the molecule is CCC(C)C(NS(=O)(=O)c1cc(Cl)ccc1C)C(=O)O. The minimum absolute atomic E-state index is 0.000414. The zero-order valence-corrected chi connectivity index (χ0v) is 13.1. The number of nitrogens with one attached hydrogen (secondary N) is 1. The number of aliphatic carboxylic acids is 1. The van der Waals surface area contributed by atoms with Crippen LogP contribution in [0, 0.1) is 12.8 Å². The third-order valence-electron chi connectivity index (χ3n) is 3.20. The van der Waals surface area contributed by atoms with Crippen LogP contribution < -0.4 is 4.72 Å². The molecule has 0 aliphatic carbocycles. The van der Waals surface area contributed by atoms with Gasteiger partial charge in [0.1, 0.15) is 6.04 Å². The maximum atomic E-state index is 12.3. The molecule has 0 spiro atoms. The molecule has 2 unspecified atom stereocenters. The normalized spacial score (nSPS) is 14.8. The lowest BCUT2D eigenvalue weighted by atomic mass is 10.0. The Kier molecular flexibility index (Phi) is 5.56. The number of carbonyl (C=O) groups is 1. The van der Waals surface area contributed by atoms with Gasteiger partial charge in [0.05, 0.1) is 4.90 Å². The van der Waals surface area contributed by atoms with Crippen LogP contribution in [0.1, 0.15) is 25.8 Å². The number of rotatable bonds is 6. The van der Waals surface area contributed by atoms with Crippen LogP contribution in [0.2, 0.25) is 5.02 Å². The van der Waals surface area contributed by atoms with Crippen molar-refractivity contribution < 1.29 is 18.3 Å². The molecule has 0 fully saturated rings. The van der Waals surface area contributed by atoms with Crippen molar-refractivity contribution in [3.05, 3.63) is 28.8 Å². The third kappa shape index (κ3) is 3.94. The highest BCUT2D eigenvalue weighted by Crippen LogP contribution is 2.21. The van der Waals surface area contributed by atoms with E-state index in [-0.39, 0.29) is 15.8 Å². The topological polar surface area (TPSA) is 83.5 Å². The van der Waals surface area contributed by atoms with Crippen LogP contribution in [-0.4, -0.2) is 25.5 Å². The molecule has 2 atom stereocenters. The van der Waals surface area contributed by atoms with Crippen molar-refractivity contribution in [3.63, 3.8) is 0 Å². The molecule has 0 saturated carbocycles. The minimum atomic E-state index is -3.93. The molecule has 0 aliphatic rings. The molecule has 0 bridgehead atoms. The van der Waals surface area contributed by atoms with Crippen molar-refractivity contribution in [2.75, 3.05) is 0 Å². The highest BCUT2D eigenvalue weighted by molar-refractivity contribution is 7.89. The van der Waals surface area contributed by atoms with Gasteiger partial charge >= 0.3 is 5.97 Å². The molecule has 0 aliphatic heterocycles. The average molecular weight is 320 g/mol. The Morgan fingerprint density at radius 2 is 2.05 bits per heavy atom. The van der Waals surface area contributed by atoms with Crippen molar-refractivity contribution in [3.8, 4) is 0 Å². The summed E-state index contributed by atoms with van der Waals surface area (Å²) < 4.78 is 26.9. The molecule has 0 radical (unpaired) electrons. The number of aryl methyl sites for hydroxylation is 1. The molecule has 1 rings (SSSR count). The molecule has 20 heavy (non-hydrogen) atoms. The summed E-state index contributed by atoms with van der Waals surface area (Å²) >= 11 is 5.80. The Labute approximate surface area is 124 Å². The predicted molar refractivity (Wildman–Crippen MR) is 77.4 cm³/mol. The van der Waals surface area contributed by atoms with Gasteiger partial charge in [-0.1, -0.05) is 37.9 Å². The van der Waals surface area contributed by atoms with Gasteiger partial charge in [0.15, 0.2) is 0 Å². The number of sulfonamides is 1. The first kappa shape index (κ1) is 16.9. The fourth-order valence-electron chi connectivity index (χ4n) is 1.74. The molecule has 0 heterocycles. The van der Waals surface area contributed by atoms with E-state index in [1.54, 1.807) is 32.9 Å². The summed E-state index contributed by atoms with van der Waals surface area (Å²) in [5, 5.41) is 9.44. The van der Waals surface area contributed by atoms with Crippen LogP contribution in [-0.2, 0) is 14.8 Å². The summed E-state index contributed by atoms with van der Waals surface area (Å²) in [7, 11) is -3.93. The van der Waals surface area contributed by atoms with Crippen molar-refractivity contribution in [2.24, 2.45) is 5.92 Å². The van der Waals surface area contributed by atoms with Crippen molar-refractivity contribution >= 4 is 27.6 Å². The van der Waals surface area contributed by atoms with Gasteiger partial charge in [-0.2, -0.15) is 4.72 Å². The van der Waals surface area contributed by atoms with E-state index in [4.69, 9.17) is 16.7 Å². The number of carboxylic acids is 1. The van der Waals surface area contributed by atoms with E-state index >= 15 is 0 Å². The van der Waals surface area contributed by atoms with Crippen LogP contribution >= 0.6 is 11.6 Å². The Hall–Kier alpha value is -1.11. The number of benzene rings is 1. The number of carboxylic acid groups (broad SMARTS) is 1. The number of hydrogen-bond donors (Lipinski definition) is 2. The Morgan fingerprint density at radius 1 is 1.45 bits per heavy atom. The molecule has 1 aromatic rings. The monoisotopic (exact) mass is 319 g/mol. The zero-order valence-electron chi connectivity index (χ0n) is 11.6. The fourth-order valence-corrected chi connectivity index (χ4v) is 3.54. The van der Waals surface area contributed by atoms with E-state index in [0.717, 1.165) is 0 Å². The quantitative estimate of drug-likeness (QED) is 0.843. The summed E-state index contributed by atoms with van der Waals surface area (Å²) in [5.41, 5.74) is 0.509. The van der Waals surface area contributed by atoms with E-state index in [0.29, 0.717) is 12.0 Å². The summed E-state index contributed by atoms with van der Waals surface area (Å²) in [6.45, 7) is 5.12. The van der Waals surface area contributed by atoms with E-state index < -0.39 is 22.0 Å². The van der Waals surface area contributed by atoms with Gasteiger partial charge in [0.25, 0.3) is 0 Å². The van der Waals surface area contributed by atoms with Gasteiger partial charge in [-0.15, -0.1) is 0 Å². The second-order valence-corrected chi connectivity index (χ2v) is 6.85. The van der Waals surface area contributed by atoms with Crippen molar-refractivity contribution in [2.45, 2.75) is 38.1 Å². The highest BCUT2D eigenvalue weighted by Gasteiger charge is 2.30. The lowest BCUT2D eigenvalue weighted by Gasteiger charge is -2.20. The van der Waals surface area contributed by atoms with E-state index in [1.165, 1.54) is 6.07 Å². The van der Waals surface area contributed by atoms with Crippen molar-refractivity contribution in [1.82, 2.24) is 4.72 Å². The second kappa shape index (κ2) is 6.56. The lowest BCUT2D eigenvalue weighted by Crippen LogP contribution is -2.45. The van der Waals surface area contributed by atoms with Gasteiger partial charge < -0.3 is 5.11 Å². The highest BCUT2D eigenvalue weighted by atomic mass is 35.5. The summed E-state index contributed by atoms with van der Waals surface area (Å²) in [4.78, 5) is 11.2. The molecule has 1 aromatic carbocycles. The van der Waals surface area contributed by atoms with E-state index in [2.05, 4.69) is 4.72 Å². The minimum Gasteiger partial charge on any atom is -0.480 e. The van der Waals surface area contributed by atoms with Crippen molar-refractivity contribution in [1.29, 1.82) is 0 Å². The van der Waals surface area contributed by atoms with Crippen LogP contribution in [0.4, 0.5) is 0 Å². The third-order valence-corrected chi connectivity index (χ3v) is 5.02. The molecule has 0 saturated heterocycles. The maximum Gasteiger partial charge on any atom is 0.322 e. The van der Waals surface area contributed by atoms with Crippen LogP contribution in [0.15, 0.2) is 23.1 Å².